The topological polar surface area (TPSA) is 41.6 Å². The quantitative estimate of drug-likeness (QED) is 0.553. The molecule has 2 fully saturated rings. The molecule has 16 heavy (non-hydrogen) atoms. The average Bonchev–Trinajstić information content (AvgIpc) is 2.97. The first-order valence-electron chi connectivity index (χ1n) is 6.85. The van der Waals surface area contributed by atoms with Gasteiger partial charge in [0.2, 0.25) is 0 Å². The van der Waals surface area contributed by atoms with Gasteiger partial charge in [-0.1, -0.05) is 19.8 Å². The predicted octanol–water partition coefficient (Wildman–Crippen LogP) is 2.02. The molecule has 0 atom stereocenters. The number of likely N-dealkylation sites (N-methyl/N-ethyl adjacent to an activating group) is 1. The Bertz CT molecular complexity index is 240. The number of aliphatic imine (C=N–C) groups is 1. The Hall–Kier alpha value is -0.570. The van der Waals surface area contributed by atoms with Crippen LogP contribution in [0.3, 0.4) is 0 Å². The van der Waals surface area contributed by atoms with Gasteiger partial charge in [0.05, 0.1) is 12.4 Å². The molecule has 2 rings (SSSR count). The molecule has 0 aromatic rings. The minimum Gasteiger partial charge on any atom is -0.387 e. The SMILES string of the molecule is CCN(CCN=C(N)C1CCCC1)C1CC1. The van der Waals surface area contributed by atoms with Gasteiger partial charge in [0, 0.05) is 18.5 Å². The molecule has 2 aliphatic rings. The number of amidine groups is 1. The van der Waals surface area contributed by atoms with Crippen LogP contribution < -0.4 is 5.73 Å². The summed E-state index contributed by atoms with van der Waals surface area (Å²) >= 11 is 0. The molecular weight excluding hydrogens is 198 g/mol. The van der Waals surface area contributed by atoms with Crippen LogP contribution in [-0.2, 0) is 0 Å². The fourth-order valence-electron chi connectivity index (χ4n) is 2.70. The van der Waals surface area contributed by atoms with Crippen LogP contribution in [0.25, 0.3) is 0 Å². The van der Waals surface area contributed by atoms with Crippen LogP contribution >= 0.6 is 0 Å². The van der Waals surface area contributed by atoms with Crippen LogP contribution in [-0.4, -0.2) is 36.4 Å². The standard InChI is InChI=1S/C13H25N3/c1-2-16(12-7-8-12)10-9-15-13(14)11-5-3-4-6-11/h11-12H,2-10H2,1H3,(H2,14,15). The lowest BCUT2D eigenvalue weighted by Crippen LogP contribution is -2.29. The molecule has 0 aromatic carbocycles. The molecule has 0 bridgehead atoms. The second-order valence-electron chi connectivity index (χ2n) is 5.15. The summed E-state index contributed by atoms with van der Waals surface area (Å²) in [6, 6.07) is 0.855. The number of hydrogen-bond acceptors (Lipinski definition) is 2. The maximum atomic E-state index is 6.03. The fourth-order valence-corrected chi connectivity index (χ4v) is 2.70. The normalized spacial score (nSPS) is 23.2. The van der Waals surface area contributed by atoms with E-state index in [0.717, 1.165) is 31.5 Å². The molecule has 3 nitrogen and oxygen atoms in total. The van der Waals surface area contributed by atoms with Gasteiger partial charge in [-0.05, 0) is 32.2 Å². The van der Waals surface area contributed by atoms with Crippen molar-refractivity contribution in [3.05, 3.63) is 0 Å². The smallest absolute Gasteiger partial charge is 0.0968 e. The molecule has 0 heterocycles. The molecular formula is C13H25N3. The van der Waals surface area contributed by atoms with E-state index in [2.05, 4.69) is 16.8 Å². The van der Waals surface area contributed by atoms with E-state index in [1.165, 1.54) is 38.5 Å². The third-order valence-electron chi connectivity index (χ3n) is 3.92. The summed E-state index contributed by atoms with van der Waals surface area (Å²) in [4.78, 5) is 7.09. The van der Waals surface area contributed by atoms with Gasteiger partial charge in [0.15, 0.2) is 0 Å². The van der Waals surface area contributed by atoms with Gasteiger partial charge < -0.3 is 5.73 Å². The lowest BCUT2D eigenvalue weighted by Gasteiger charge is -2.18. The van der Waals surface area contributed by atoms with Crippen LogP contribution in [0.15, 0.2) is 4.99 Å². The zero-order valence-electron chi connectivity index (χ0n) is 10.5. The third-order valence-corrected chi connectivity index (χ3v) is 3.92. The van der Waals surface area contributed by atoms with Crippen molar-refractivity contribution in [2.24, 2.45) is 16.6 Å². The van der Waals surface area contributed by atoms with Crippen molar-refractivity contribution in [3.63, 3.8) is 0 Å². The average molecular weight is 223 g/mol. The first-order valence-corrected chi connectivity index (χ1v) is 6.85. The minimum atomic E-state index is 0.594. The number of nitrogens with zero attached hydrogens (tertiary/aromatic N) is 2. The largest absolute Gasteiger partial charge is 0.387 e. The fraction of sp³-hybridized carbons (Fsp3) is 0.923. The highest BCUT2D eigenvalue weighted by Crippen LogP contribution is 2.26. The first kappa shape index (κ1) is 11.9. The van der Waals surface area contributed by atoms with Crippen LogP contribution in [0.5, 0.6) is 0 Å². The zero-order valence-corrected chi connectivity index (χ0v) is 10.5. The molecule has 0 saturated heterocycles. The zero-order chi connectivity index (χ0) is 11.4. The van der Waals surface area contributed by atoms with E-state index >= 15 is 0 Å². The molecule has 0 spiro atoms. The Balaban J connectivity index is 1.70. The maximum Gasteiger partial charge on any atom is 0.0968 e. The molecule has 0 aromatic heterocycles. The Morgan fingerprint density at radius 2 is 1.94 bits per heavy atom. The van der Waals surface area contributed by atoms with Crippen LogP contribution in [0.1, 0.15) is 45.4 Å². The molecule has 92 valence electrons. The molecule has 0 aliphatic heterocycles. The molecule has 2 saturated carbocycles. The summed E-state index contributed by atoms with van der Waals surface area (Å²) in [5.74, 6) is 1.51. The highest BCUT2D eigenvalue weighted by Gasteiger charge is 2.27. The monoisotopic (exact) mass is 223 g/mol. The molecule has 0 amide bonds. The molecule has 0 unspecified atom stereocenters. The van der Waals surface area contributed by atoms with E-state index in [1.807, 2.05) is 0 Å². The van der Waals surface area contributed by atoms with E-state index in [1.54, 1.807) is 0 Å². The van der Waals surface area contributed by atoms with E-state index < -0.39 is 0 Å². The summed E-state index contributed by atoms with van der Waals surface area (Å²) in [6.07, 6.45) is 7.96. The van der Waals surface area contributed by atoms with E-state index in [9.17, 15) is 0 Å². The molecule has 2 N–H and O–H groups in total. The van der Waals surface area contributed by atoms with Gasteiger partial charge >= 0.3 is 0 Å². The maximum absolute atomic E-state index is 6.03. The summed E-state index contributed by atoms with van der Waals surface area (Å²) in [6.45, 7) is 5.38. The number of nitrogens with two attached hydrogens (primary N) is 1. The van der Waals surface area contributed by atoms with Gasteiger partial charge in [0.25, 0.3) is 0 Å². The lowest BCUT2D eigenvalue weighted by molar-refractivity contribution is 0.286. The second kappa shape index (κ2) is 5.67. The van der Waals surface area contributed by atoms with Crippen molar-refractivity contribution in [1.29, 1.82) is 0 Å². The minimum absolute atomic E-state index is 0.594. The Kier molecular flexibility index (Phi) is 4.22. The van der Waals surface area contributed by atoms with Crippen molar-refractivity contribution >= 4 is 5.84 Å². The first-order chi connectivity index (χ1) is 7.81. The summed E-state index contributed by atoms with van der Waals surface area (Å²) < 4.78 is 0. The highest BCUT2D eigenvalue weighted by atomic mass is 15.2. The van der Waals surface area contributed by atoms with Crippen LogP contribution in [0.2, 0.25) is 0 Å². The van der Waals surface area contributed by atoms with E-state index in [4.69, 9.17) is 5.73 Å². The van der Waals surface area contributed by atoms with Gasteiger partial charge in [-0.3, -0.25) is 9.89 Å². The van der Waals surface area contributed by atoms with Crippen molar-refractivity contribution in [3.8, 4) is 0 Å². The second-order valence-corrected chi connectivity index (χ2v) is 5.15. The molecule has 0 radical (unpaired) electrons. The van der Waals surface area contributed by atoms with Crippen molar-refractivity contribution in [2.75, 3.05) is 19.6 Å². The number of hydrogen-bond donors (Lipinski definition) is 1. The van der Waals surface area contributed by atoms with E-state index in [0.29, 0.717) is 5.92 Å². The van der Waals surface area contributed by atoms with Gasteiger partial charge in [-0.25, -0.2) is 0 Å². The summed E-state index contributed by atoms with van der Waals surface area (Å²) in [5, 5.41) is 0. The Morgan fingerprint density at radius 3 is 2.50 bits per heavy atom. The molecule has 3 heteroatoms. The van der Waals surface area contributed by atoms with Gasteiger partial charge in [-0.15, -0.1) is 0 Å². The van der Waals surface area contributed by atoms with Crippen LogP contribution in [0.4, 0.5) is 0 Å². The van der Waals surface area contributed by atoms with Crippen molar-refractivity contribution in [2.45, 2.75) is 51.5 Å². The van der Waals surface area contributed by atoms with Gasteiger partial charge in [0.1, 0.15) is 0 Å². The van der Waals surface area contributed by atoms with E-state index in [-0.39, 0.29) is 0 Å². The lowest BCUT2D eigenvalue weighted by atomic mass is 10.1. The van der Waals surface area contributed by atoms with Crippen molar-refractivity contribution in [1.82, 2.24) is 4.90 Å². The third kappa shape index (κ3) is 3.21. The Labute approximate surface area is 99.1 Å². The summed E-state index contributed by atoms with van der Waals surface area (Å²) in [7, 11) is 0. The van der Waals surface area contributed by atoms with Gasteiger partial charge in [-0.2, -0.15) is 0 Å². The summed E-state index contributed by atoms with van der Waals surface area (Å²) in [5.41, 5.74) is 6.03. The number of rotatable bonds is 6. The molecule has 2 aliphatic carbocycles. The Morgan fingerprint density at radius 1 is 1.25 bits per heavy atom. The van der Waals surface area contributed by atoms with Crippen molar-refractivity contribution < 1.29 is 0 Å². The van der Waals surface area contributed by atoms with Crippen LogP contribution in [0, 0.1) is 5.92 Å². The highest BCUT2D eigenvalue weighted by molar-refractivity contribution is 5.83. The predicted molar refractivity (Wildman–Crippen MR) is 68.7 cm³/mol.